The number of carbonyl (C=O) groups excluding carboxylic acids is 1. The first-order valence-electron chi connectivity index (χ1n) is 5.19. The maximum absolute atomic E-state index is 11.4. The predicted molar refractivity (Wildman–Crippen MR) is 54.3 cm³/mol. The topological polar surface area (TPSA) is 52.1 Å². The summed E-state index contributed by atoms with van der Waals surface area (Å²) in [7, 11) is 0. The third-order valence-electron chi connectivity index (χ3n) is 2.58. The van der Waals surface area contributed by atoms with Crippen LogP contribution in [0.2, 0.25) is 0 Å². The molecule has 0 bridgehead atoms. The molecule has 4 heteroatoms. The van der Waals surface area contributed by atoms with Crippen LogP contribution in [0.5, 0.6) is 0 Å². The molecule has 1 aliphatic rings. The highest BCUT2D eigenvalue weighted by Crippen LogP contribution is 2.47. The first-order valence-corrected chi connectivity index (χ1v) is 5.19. The van der Waals surface area contributed by atoms with Gasteiger partial charge in [-0.05, 0) is 32.4 Å². The summed E-state index contributed by atoms with van der Waals surface area (Å²) < 4.78 is 4.95. The van der Waals surface area contributed by atoms with E-state index < -0.39 is 0 Å². The van der Waals surface area contributed by atoms with E-state index in [0.29, 0.717) is 6.61 Å². The van der Waals surface area contributed by atoms with Crippen molar-refractivity contribution in [1.82, 2.24) is 10.2 Å². The van der Waals surface area contributed by atoms with Crippen LogP contribution >= 0.6 is 0 Å². The van der Waals surface area contributed by atoms with Crippen LogP contribution in [0.1, 0.15) is 30.7 Å². The summed E-state index contributed by atoms with van der Waals surface area (Å²) in [6.45, 7) is 4.16. The van der Waals surface area contributed by atoms with Gasteiger partial charge in [0.1, 0.15) is 0 Å². The van der Waals surface area contributed by atoms with Crippen LogP contribution in [0.3, 0.4) is 0 Å². The van der Waals surface area contributed by atoms with Crippen molar-refractivity contribution in [3.05, 3.63) is 23.5 Å². The van der Waals surface area contributed by atoms with E-state index in [2.05, 4.69) is 10.2 Å². The molecule has 80 valence electrons. The monoisotopic (exact) mass is 206 g/mol. The van der Waals surface area contributed by atoms with E-state index in [0.717, 1.165) is 17.8 Å². The predicted octanol–water partition coefficient (Wildman–Crippen LogP) is 1.45. The van der Waals surface area contributed by atoms with Gasteiger partial charge < -0.3 is 4.74 Å². The highest BCUT2D eigenvalue weighted by atomic mass is 16.5. The number of aromatic nitrogens is 2. The van der Waals surface area contributed by atoms with E-state index in [1.807, 2.05) is 26.0 Å². The molecule has 4 nitrogen and oxygen atoms in total. The Kier molecular flexibility index (Phi) is 2.66. The first kappa shape index (κ1) is 10.1. The van der Waals surface area contributed by atoms with Crippen LogP contribution in [-0.4, -0.2) is 22.8 Å². The van der Waals surface area contributed by atoms with Gasteiger partial charge in [0.25, 0.3) is 0 Å². The molecule has 0 spiro atoms. The number of ether oxygens (including phenoxy) is 1. The van der Waals surface area contributed by atoms with Crippen molar-refractivity contribution in [1.29, 1.82) is 0 Å². The molecule has 0 radical (unpaired) electrons. The normalized spacial score (nSPS) is 23.6. The lowest BCUT2D eigenvalue weighted by Crippen LogP contribution is -2.07. The molecule has 0 aromatic carbocycles. The summed E-state index contributed by atoms with van der Waals surface area (Å²) >= 11 is 0. The van der Waals surface area contributed by atoms with Gasteiger partial charge in [-0.1, -0.05) is 0 Å². The summed E-state index contributed by atoms with van der Waals surface area (Å²) in [5, 5.41) is 8.05. The van der Waals surface area contributed by atoms with E-state index in [-0.39, 0.29) is 17.8 Å². The first-order chi connectivity index (χ1) is 7.22. The molecule has 2 atom stereocenters. The molecule has 1 heterocycles. The Labute approximate surface area is 88.7 Å². The lowest BCUT2D eigenvalue weighted by Gasteiger charge is -2.00. The average Bonchev–Trinajstić information content (AvgIpc) is 2.99. The second-order valence-electron chi connectivity index (χ2n) is 3.80. The Bertz CT molecular complexity index is 361. The van der Waals surface area contributed by atoms with Crippen molar-refractivity contribution in [3.63, 3.8) is 0 Å². The third kappa shape index (κ3) is 2.14. The van der Waals surface area contributed by atoms with Crippen LogP contribution in [0.15, 0.2) is 12.1 Å². The van der Waals surface area contributed by atoms with Gasteiger partial charge >= 0.3 is 5.97 Å². The van der Waals surface area contributed by atoms with Gasteiger partial charge in [-0.25, -0.2) is 0 Å². The molecule has 1 aromatic rings. The van der Waals surface area contributed by atoms with Crippen LogP contribution in [0.4, 0.5) is 0 Å². The fourth-order valence-corrected chi connectivity index (χ4v) is 1.64. The number of carbonyl (C=O) groups is 1. The molecule has 2 rings (SSSR count). The maximum atomic E-state index is 11.4. The summed E-state index contributed by atoms with van der Waals surface area (Å²) in [5.41, 5.74) is 1.80. The van der Waals surface area contributed by atoms with E-state index in [9.17, 15) is 4.79 Å². The van der Waals surface area contributed by atoms with Gasteiger partial charge in [-0.3, -0.25) is 4.79 Å². The highest BCUT2D eigenvalue weighted by molar-refractivity contribution is 5.77. The molecule has 1 saturated carbocycles. The number of aryl methyl sites for hydroxylation is 1. The summed E-state index contributed by atoms with van der Waals surface area (Å²) in [6.07, 6.45) is 0.844. The standard InChI is InChI=1S/C11H14N2O2/c1-3-15-11(14)9-6-8(9)10-5-4-7(2)12-13-10/h4-5,8-9H,3,6H2,1-2H3/t8-,9-/m0/s1. The van der Waals surface area contributed by atoms with Gasteiger partial charge in [-0.15, -0.1) is 0 Å². The molecule has 15 heavy (non-hydrogen) atoms. The third-order valence-corrected chi connectivity index (χ3v) is 2.58. The number of hydrogen-bond acceptors (Lipinski definition) is 4. The Morgan fingerprint density at radius 3 is 2.93 bits per heavy atom. The minimum atomic E-state index is -0.107. The maximum Gasteiger partial charge on any atom is 0.309 e. The smallest absolute Gasteiger partial charge is 0.309 e. The lowest BCUT2D eigenvalue weighted by molar-refractivity contribution is -0.144. The van der Waals surface area contributed by atoms with Crippen molar-refractivity contribution in [2.24, 2.45) is 5.92 Å². The van der Waals surface area contributed by atoms with E-state index in [4.69, 9.17) is 4.74 Å². The molecule has 0 aliphatic heterocycles. The molecular formula is C11H14N2O2. The van der Waals surface area contributed by atoms with Crippen molar-refractivity contribution in [2.75, 3.05) is 6.61 Å². The summed E-state index contributed by atoms with van der Waals surface area (Å²) in [5.74, 6) is 0.115. The van der Waals surface area contributed by atoms with Crippen LogP contribution < -0.4 is 0 Å². The molecule has 0 saturated heterocycles. The van der Waals surface area contributed by atoms with E-state index >= 15 is 0 Å². The SMILES string of the molecule is CCOC(=O)[C@H]1C[C@@H]1c1ccc(C)nn1. The summed E-state index contributed by atoms with van der Waals surface area (Å²) in [4.78, 5) is 11.4. The summed E-state index contributed by atoms with van der Waals surface area (Å²) in [6, 6.07) is 3.86. The second-order valence-corrected chi connectivity index (χ2v) is 3.80. The van der Waals surface area contributed by atoms with Gasteiger partial charge in [0, 0.05) is 5.92 Å². The Morgan fingerprint density at radius 2 is 2.33 bits per heavy atom. The average molecular weight is 206 g/mol. The molecule has 0 N–H and O–H groups in total. The zero-order valence-electron chi connectivity index (χ0n) is 8.93. The van der Waals surface area contributed by atoms with Crippen molar-refractivity contribution in [2.45, 2.75) is 26.2 Å². The number of nitrogens with zero attached hydrogens (tertiary/aromatic N) is 2. The lowest BCUT2D eigenvalue weighted by atomic mass is 10.2. The molecule has 1 fully saturated rings. The fourth-order valence-electron chi connectivity index (χ4n) is 1.64. The quantitative estimate of drug-likeness (QED) is 0.702. The van der Waals surface area contributed by atoms with Gasteiger partial charge in [0.05, 0.1) is 23.9 Å². The molecule has 0 amide bonds. The Balaban J connectivity index is 1.98. The van der Waals surface area contributed by atoms with Crippen molar-refractivity contribution in [3.8, 4) is 0 Å². The number of rotatable bonds is 3. The molecule has 1 aromatic heterocycles. The van der Waals surface area contributed by atoms with Crippen LogP contribution in [-0.2, 0) is 9.53 Å². The van der Waals surface area contributed by atoms with Gasteiger partial charge in [0.15, 0.2) is 0 Å². The molecule has 0 unspecified atom stereocenters. The Morgan fingerprint density at radius 1 is 1.53 bits per heavy atom. The second kappa shape index (κ2) is 3.96. The van der Waals surface area contributed by atoms with Crippen molar-refractivity contribution < 1.29 is 9.53 Å². The number of hydrogen-bond donors (Lipinski definition) is 0. The Hall–Kier alpha value is -1.45. The minimum absolute atomic E-state index is 0.00181. The largest absolute Gasteiger partial charge is 0.466 e. The zero-order valence-corrected chi connectivity index (χ0v) is 8.93. The highest BCUT2D eigenvalue weighted by Gasteiger charge is 2.46. The minimum Gasteiger partial charge on any atom is -0.466 e. The van der Waals surface area contributed by atoms with Crippen LogP contribution in [0, 0.1) is 12.8 Å². The van der Waals surface area contributed by atoms with Gasteiger partial charge in [-0.2, -0.15) is 10.2 Å². The molecular weight excluding hydrogens is 192 g/mol. The van der Waals surface area contributed by atoms with Crippen molar-refractivity contribution >= 4 is 5.97 Å². The van der Waals surface area contributed by atoms with E-state index in [1.165, 1.54) is 0 Å². The van der Waals surface area contributed by atoms with E-state index in [1.54, 1.807) is 0 Å². The van der Waals surface area contributed by atoms with Gasteiger partial charge in [0.2, 0.25) is 0 Å². The fraction of sp³-hybridized carbons (Fsp3) is 0.545. The number of esters is 1. The molecule has 1 aliphatic carbocycles. The zero-order chi connectivity index (χ0) is 10.8. The van der Waals surface area contributed by atoms with Crippen LogP contribution in [0.25, 0.3) is 0 Å².